The maximum absolute atomic E-state index is 11.0. The van der Waals surface area contributed by atoms with Crippen molar-refractivity contribution in [1.29, 1.82) is 0 Å². The number of aromatic amines is 1. The Kier molecular flexibility index (Phi) is 3.91. The molecule has 0 amide bonds. The van der Waals surface area contributed by atoms with Crippen LogP contribution in [0.5, 0.6) is 0 Å². The van der Waals surface area contributed by atoms with E-state index in [1.807, 2.05) is 20.0 Å². The lowest BCUT2D eigenvalue weighted by molar-refractivity contribution is -0.140. The minimum absolute atomic E-state index is 0.102. The Morgan fingerprint density at radius 1 is 1.60 bits per heavy atom. The molecule has 4 heteroatoms. The SMILES string of the molecule is COC(=O)CCC(N)c1c(C)c[nH]c1C. The topological polar surface area (TPSA) is 68.1 Å². The van der Waals surface area contributed by atoms with Crippen molar-refractivity contribution >= 4 is 5.97 Å². The maximum atomic E-state index is 11.0. The van der Waals surface area contributed by atoms with Crippen molar-refractivity contribution in [1.82, 2.24) is 4.98 Å². The summed E-state index contributed by atoms with van der Waals surface area (Å²) in [5.41, 5.74) is 9.34. The molecule has 3 N–H and O–H groups in total. The number of esters is 1. The molecule has 0 saturated carbocycles. The second-order valence-corrected chi connectivity index (χ2v) is 3.73. The molecule has 0 saturated heterocycles. The van der Waals surface area contributed by atoms with Gasteiger partial charge < -0.3 is 15.5 Å². The van der Waals surface area contributed by atoms with Crippen molar-refractivity contribution in [3.8, 4) is 0 Å². The van der Waals surface area contributed by atoms with Crippen molar-refractivity contribution in [3.63, 3.8) is 0 Å². The summed E-state index contributed by atoms with van der Waals surface area (Å²) in [4.78, 5) is 14.1. The number of hydrogen-bond acceptors (Lipinski definition) is 3. The van der Waals surface area contributed by atoms with Crippen LogP contribution in [0.25, 0.3) is 0 Å². The molecule has 15 heavy (non-hydrogen) atoms. The molecule has 0 fully saturated rings. The number of H-pyrrole nitrogens is 1. The first-order valence-electron chi connectivity index (χ1n) is 5.03. The fraction of sp³-hybridized carbons (Fsp3) is 0.545. The number of nitrogens with one attached hydrogen (secondary N) is 1. The molecule has 1 heterocycles. The zero-order valence-electron chi connectivity index (χ0n) is 9.46. The zero-order chi connectivity index (χ0) is 11.4. The number of nitrogens with two attached hydrogens (primary N) is 1. The summed E-state index contributed by atoms with van der Waals surface area (Å²) < 4.78 is 4.58. The largest absolute Gasteiger partial charge is 0.469 e. The van der Waals surface area contributed by atoms with E-state index in [1.54, 1.807) is 0 Å². The van der Waals surface area contributed by atoms with Gasteiger partial charge in [-0.3, -0.25) is 4.79 Å². The van der Waals surface area contributed by atoms with Gasteiger partial charge in [0, 0.05) is 24.4 Å². The third-order valence-electron chi connectivity index (χ3n) is 2.59. The summed E-state index contributed by atoms with van der Waals surface area (Å²) in [7, 11) is 1.39. The van der Waals surface area contributed by atoms with Crippen LogP contribution in [0.15, 0.2) is 6.20 Å². The Bertz CT molecular complexity index is 325. The summed E-state index contributed by atoms with van der Waals surface area (Å²) >= 11 is 0. The van der Waals surface area contributed by atoms with Gasteiger partial charge in [-0.1, -0.05) is 0 Å². The van der Waals surface area contributed by atoms with Crippen LogP contribution in [0.4, 0.5) is 0 Å². The average Bonchev–Trinajstić information content (AvgIpc) is 2.54. The minimum atomic E-state index is -0.212. The Hall–Kier alpha value is -1.29. The third kappa shape index (κ3) is 2.83. The first-order valence-corrected chi connectivity index (χ1v) is 5.03. The van der Waals surface area contributed by atoms with Gasteiger partial charge in [-0.2, -0.15) is 0 Å². The van der Waals surface area contributed by atoms with Gasteiger partial charge in [0.2, 0.25) is 0 Å². The lowest BCUT2D eigenvalue weighted by Gasteiger charge is -2.12. The number of aryl methyl sites for hydroxylation is 2. The monoisotopic (exact) mass is 210 g/mol. The summed E-state index contributed by atoms with van der Waals surface area (Å²) in [6, 6.07) is -0.102. The number of aromatic nitrogens is 1. The van der Waals surface area contributed by atoms with Gasteiger partial charge in [0.15, 0.2) is 0 Å². The number of carbonyl (C=O) groups excluding carboxylic acids is 1. The minimum Gasteiger partial charge on any atom is -0.469 e. The first-order chi connectivity index (χ1) is 7.06. The zero-order valence-corrected chi connectivity index (χ0v) is 9.46. The van der Waals surface area contributed by atoms with Crippen LogP contribution in [-0.2, 0) is 9.53 Å². The Morgan fingerprint density at radius 2 is 2.27 bits per heavy atom. The van der Waals surface area contributed by atoms with E-state index in [2.05, 4.69) is 9.72 Å². The Morgan fingerprint density at radius 3 is 2.73 bits per heavy atom. The quantitative estimate of drug-likeness (QED) is 0.741. The normalized spacial score (nSPS) is 12.5. The fourth-order valence-corrected chi connectivity index (χ4v) is 1.76. The molecular formula is C11H18N2O2. The van der Waals surface area contributed by atoms with Gasteiger partial charge in [-0.25, -0.2) is 0 Å². The molecule has 0 aliphatic rings. The molecule has 1 atom stereocenters. The smallest absolute Gasteiger partial charge is 0.305 e. The third-order valence-corrected chi connectivity index (χ3v) is 2.59. The van der Waals surface area contributed by atoms with Crippen LogP contribution in [0.2, 0.25) is 0 Å². The second-order valence-electron chi connectivity index (χ2n) is 3.73. The van der Waals surface area contributed by atoms with Crippen molar-refractivity contribution < 1.29 is 9.53 Å². The van der Waals surface area contributed by atoms with Crippen LogP contribution in [-0.4, -0.2) is 18.1 Å². The molecular weight excluding hydrogens is 192 g/mol. The number of rotatable bonds is 4. The summed E-state index contributed by atoms with van der Waals surface area (Å²) in [5, 5.41) is 0. The number of ether oxygens (including phenoxy) is 1. The van der Waals surface area contributed by atoms with Crippen LogP contribution < -0.4 is 5.73 Å². The predicted octanol–water partition coefficient (Wildman–Crippen LogP) is 1.58. The van der Waals surface area contributed by atoms with E-state index >= 15 is 0 Å². The lowest BCUT2D eigenvalue weighted by Crippen LogP contribution is -2.14. The standard InChI is InChI=1S/C11H18N2O2/c1-7-6-13-8(2)11(7)9(12)4-5-10(14)15-3/h6,9,13H,4-5,12H2,1-3H3. The van der Waals surface area contributed by atoms with Crippen molar-refractivity contribution in [2.24, 2.45) is 5.73 Å². The van der Waals surface area contributed by atoms with Crippen molar-refractivity contribution in [2.75, 3.05) is 7.11 Å². The predicted molar refractivity (Wildman–Crippen MR) is 58.4 cm³/mol. The molecule has 1 rings (SSSR count). The fourth-order valence-electron chi connectivity index (χ4n) is 1.76. The number of carbonyl (C=O) groups is 1. The summed E-state index contributed by atoms with van der Waals surface area (Å²) in [6.45, 7) is 4.00. The van der Waals surface area contributed by atoms with E-state index < -0.39 is 0 Å². The van der Waals surface area contributed by atoms with Gasteiger partial charge >= 0.3 is 5.97 Å². The van der Waals surface area contributed by atoms with E-state index in [9.17, 15) is 4.79 Å². The maximum Gasteiger partial charge on any atom is 0.305 e. The van der Waals surface area contributed by atoms with Crippen LogP contribution >= 0.6 is 0 Å². The highest BCUT2D eigenvalue weighted by molar-refractivity contribution is 5.69. The van der Waals surface area contributed by atoms with E-state index in [4.69, 9.17) is 5.73 Å². The Balaban J connectivity index is 2.61. The van der Waals surface area contributed by atoms with Gasteiger partial charge in [-0.05, 0) is 31.4 Å². The van der Waals surface area contributed by atoms with Gasteiger partial charge in [-0.15, -0.1) is 0 Å². The van der Waals surface area contributed by atoms with Gasteiger partial charge in [0.05, 0.1) is 7.11 Å². The van der Waals surface area contributed by atoms with E-state index in [0.717, 1.165) is 16.8 Å². The van der Waals surface area contributed by atoms with Crippen molar-refractivity contribution in [2.45, 2.75) is 32.7 Å². The van der Waals surface area contributed by atoms with Crippen molar-refractivity contribution in [3.05, 3.63) is 23.0 Å². The number of methoxy groups -OCH3 is 1. The lowest BCUT2D eigenvalue weighted by atomic mass is 10.00. The molecule has 0 spiro atoms. The molecule has 4 nitrogen and oxygen atoms in total. The second kappa shape index (κ2) is 4.98. The Labute approximate surface area is 89.8 Å². The molecule has 1 aromatic rings. The highest BCUT2D eigenvalue weighted by Gasteiger charge is 2.14. The molecule has 0 aliphatic heterocycles. The molecule has 0 radical (unpaired) electrons. The summed E-state index contributed by atoms with van der Waals surface area (Å²) in [6.07, 6.45) is 2.91. The molecule has 0 aromatic carbocycles. The summed E-state index contributed by atoms with van der Waals surface area (Å²) in [5.74, 6) is -0.212. The molecule has 1 aromatic heterocycles. The average molecular weight is 210 g/mol. The van der Waals surface area contributed by atoms with E-state index in [-0.39, 0.29) is 12.0 Å². The van der Waals surface area contributed by atoms with E-state index in [0.29, 0.717) is 12.8 Å². The molecule has 1 unspecified atom stereocenters. The van der Waals surface area contributed by atoms with Crippen LogP contribution in [0, 0.1) is 13.8 Å². The first kappa shape index (κ1) is 11.8. The number of hydrogen-bond donors (Lipinski definition) is 2. The van der Waals surface area contributed by atoms with Gasteiger partial charge in [0.1, 0.15) is 0 Å². The highest BCUT2D eigenvalue weighted by atomic mass is 16.5. The molecule has 0 bridgehead atoms. The highest BCUT2D eigenvalue weighted by Crippen LogP contribution is 2.22. The van der Waals surface area contributed by atoms with Gasteiger partial charge in [0.25, 0.3) is 0 Å². The van der Waals surface area contributed by atoms with Crippen LogP contribution in [0.3, 0.4) is 0 Å². The molecule has 0 aliphatic carbocycles. The molecule has 84 valence electrons. The van der Waals surface area contributed by atoms with Crippen LogP contribution in [0.1, 0.15) is 35.7 Å². The van der Waals surface area contributed by atoms with E-state index in [1.165, 1.54) is 7.11 Å².